The molecule has 0 bridgehead atoms. The second-order valence-electron chi connectivity index (χ2n) is 6.42. The Bertz CT molecular complexity index is 969. The van der Waals surface area contributed by atoms with Gasteiger partial charge in [-0.15, -0.1) is 10.2 Å². The Morgan fingerprint density at radius 1 is 0.917 bits per heavy atom. The van der Waals surface area contributed by atoms with E-state index in [0.29, 0.717) is 11.3 Å². The molecule has 1 aromatic heterocycles. The van der Waals surface area contributed by atoms with Crippen molar-refractivity contribution in [3.05, 3.63) is 77.1 Å². The van der Waals surface area contributed by atoms with E-state index in [9.17, 15) is 4.39 Å². The summed E-state index contributed by atoms with van der Waals surface area (Å²) >= 11 is 0. The molecule has 0 unspecified atom stereocenters. The molecule has 0 saturated heterocycles. The Morgan fingerprint density at radius 3 is 2.33 bits per heavy atom. The molecule has 0 atom stereocenters. The van der Waals surface area contributed by atoms with E-state index in [1.807, 2.05) is 55.7 Å². The average Bonchev–Trinajstić information content (AvgIpc) is 2.91. The molecular weight excluding hydrogens is 303 g/mol. The van der Waals surface area contributed by atoms with Gasteiger partial charge in [0.2, 0.25) is 0 Å². The van der Waals surface area contributed by atoms with Crippen molar-refractivity contribution in [2.24, 2.45) is 4.99 Å². The highest BCUT2D eigenvalue weighted by atomic mass is 19.1. The van der Waals surface area contributed by atoms with Crippen LogP contribution in [0.15, 0.2) is 53.5 Å². The summed E-state index contributed by atoms with van der Waals surface area (Å²) in [6.45, 7) is 5.86. The molecule has 1 aliphatic rings. The van der Waals surface area contributed by atoms with Crippen LogP contribution in [0.4, 0.5) is 4.39 Å². The first-order valence-electron chi connectivity index (χ1n) is 7.86. The van der Waals surface area contributed by atoms with Gasteiger partial charge in [-0.2, -0.15) is 0 Å². The zero-order chi connectivity index (χ0) is 16.9. The van der Waals surface area contributed by atoms with Gasteiger partial charge in [-0.1, -0.05) is 30.3 Å². The van der Waals surface area contributed by atoms with Crippen molar-refractivity contribution in [2.75, 3.05) is 0 Å². The highest BCUT2D eigenvalue weighted by molar-refractivity contribution is 6.15. The number of nitrogens with zero attached hydrogens (tertiary/aromatic N) is 4. The molecular formula is C19H17FN4. The van der Waals surface area contributed by atoms with Gasteiger partial charge in [-0.25, -0.2) is 4.39 Å². The molecule has 24 heavy (non-hydrogen) atoms. The number of hydrogen-bond acceptors (Lipinski definition) is 3. The molecule has 2 aromatic carbocycles. The summed E-state index contributed by atoms with van der Waals surface area (Å²) in [7, 11) is 0. The second-order valence-corrected chi connectivity index (χ2v) is 6.42. The third-order valence-electron chi connectivity index (χ3n) is 4.29. The van der Waals surface area contributed by atoms with Crippen LogP contribution in [0.5, 0.6) is 0 Å². The fourth-order valence-electron chi connectivity index (χ4n) is 3.16. The summed E-state index contributed by atoms with van der Waals surface area (Å²) in [5.74, 6) is 1.26. The van der Waals surface area contributed by atoms with Crippen LogP contribution in [0.25, 0.3) is 5.69 Å². The number of rotatable bonds is 1. The predicted molar refractivity (Wildman–Crippen MR) is 91.2 cm³/mol. The molecule has 120 valence electrons. The summed E-state index contributed by atoms with van der Waals surface area (Å²) in [6.07, 6.45) is 0. The minimum absolute atomic E-state index is 0.281. The summed E-state index contributed by atoms with van der Waals surface area (Å²) in [5, 5.41) is 8.55. The van der Waals surface area contributed by atoms with Crippen LogP contribution < -0.4 is 0 Å². The monoisotopic (exact) mass is 320 g/mol. The van der Waals surface area contributed by atoms with Crippen molar-refractivity contribution < 1.29 is 4.39 Å². The zero-order valence-corrected chi connectivity index (χ0v) is 13.8. The molecule has 4 nitrogen and oxygen atoms in total. The Morgan fingerprint density at radius 2 is 1.58 bits per heavy atom. The van der Waals surface area contributed by atoms with E-state index in [2.05, 4.69) is 10.2 Å². The average molecular weight is 320 g/mol. The number of aryl methyl sites for hydroxylation is 1. The van der Waals surface area contributed by atoms with Crippen molar-refractivity contribution in [2.45, 2.75) is 26.3 Å². The van der Waals surface area contributed by atoms with E-state index >= 15 is 0 Å². The first-order valence-corrected chi connectivity index (χ1v) is 7.86. The number of fused-ring (bicyclic) bond motifs is 3. The first kappa shape index (κ1) is 14.8. The van der Waals surface area contributed by atoms with Gasteiger partial charge in [-0.3, -0.25) is 9.56 Å². The highest BCUT2D eigenvalue weighted by Gasteiger charge is 2.33. The lowest BCUT2D eigenvalue weighted by Crippen LogP contribution is -2.20. The lowest BCUT2D eigenvalue weighted by Gasteiger charge is -2.18. The maximum atomic E-state index is 14.5. The molecule has 0 spiro atoms. The van der Waals surface area contributed by atoms with Gasteiger partial charge in [0, 0.05) is 11.1 Å². The van der Waals surface area contributed by atoms with Crippen LogP contribution in [-0.4, -0.2) is 20.5 Å². The summed E-state index contributed by atoms with van der Waals surface area (Å²) in [6, 6.07) is 14.6. The molecule has 0 aliphatic carbocycles. The lowest BCUT2D eigenvalue weighted by atomic mass is 9.99. The fourth-order valence-corrected chi connectivity index (χ4v) is 3.16. The van der Waals surface area contributed by atoms with E-state index in [1.165, 1.54) is 6.07 Å². The van der Waals surface area contributed by atoms with Gasteiger partial charge >= 0.3 is 0 Å². The molecule has 5 heteroatoms. The quantitative estimate of drug-likeness (QED) is 0.684. The molecule has 1 aliphatic heterocycles. The Labute approximate surface area is 139 Å². The molecule has 0 N–H and O–H groups in total. The van der Waals surface area contributed by atoms with Gasteiger partial charge in [0.1, 0.15) is 17.2 Å². The van der Waals surface area contributed by atoms with Gasteiger partial charge in [-0.05, 0) is 39.0 Å². The lowest BCUT2D eigenvalue weighted by molar-refractivity contribution is 0.509. The van der Waals surface area contributed by atoms with Crippen molar-refractivity contribution in [3.8, 4) is 5.69 Å². The zero-order valence-electron chi connectivity index (χ0n) is 13.8. The SMILES string of the molecule is Cc1nnc2n1-c1ccccc1C(c1ccccc1F)=NC2(C)C. The minimum atomic E-state index is -0.627. The van der Waals surface area contributed by atoms with E-state index in [0.717, 1.165) is 22.9 Å². The molecule has 4 rings (SSSR count). The van der Waals surface area contributed by atoms with Crippen LogP contribution in [0, 0.1) is 12.7 Å². The van der Waals surface area contributed by atoms with Crippen molar-refractivity contribution in [1.82, 2.24) is 14.8 Å². The molecule has 0 radical (unpaired) electrons. The summed E-state index contributed by atoms with van der Waals surface area (Å²) < 4.78 is 16.5. The molecule has 0 amide bonds. The Hall–Kier alpha value is -2.82. The van der Waals surface area contributed by atoms with Crippen molar-refractivity contribution in [1.29, 1.82) is 0 Å². The van der Waals surface area contributed by atoms with Crippen LogP contribution in [0.1, 0.15) is 36.6 Å². The fraction of sp³-hybridized carbons (Fsp3) is 0.211. The van der Waals surface area contributed by atoms with Crippen LogP contribution in [0.3, 0.4) is 0 Å². The summed E-state index contributed by atoms with van der Waals surface area (Å²) in [4.78, 5) is 4.89. The Balaban J connectivity index is 2.10. The van der Waals surface area contributed by atoms with Crippen molar-refractivity contribution in [3.63, 3.8) is 0 Å². The maximum absolute atomic E-state index is 14.5. The third-order valence-corrected chi connectivity index (χ3v) is 4.29. The van der Waals surface area contributed by atoms with Crippen molar-refractivity contribution >= 4 is 5.71 Å². The van der Waals surface area contributed by atoms with E-state index < -0.39 is 5.54 Å². The maximum Gasteiger partial charge on any atom is 0.165 e. The number of para-hydroxylation sites is 1. The van der Waals surface area contributed by atoms with E-state index in [4.69, 9.17) is 4.99 Å². The largest absolute Gasteiger partial charge is 0.280 e. The number of halogens is 1. The highest BCUT2D eigenvalue weighted by Crippen LogP contribution is 2.34. The normalized spacial score (nSPS) is 15.2. The van der Waals surface area contributed by atoms with Crippen LogP contribution >= 0.6 is 0 Å². The molecule has 2 heterocycles. The first-order chi connectivity index (χ1) is 11.5. The minimum Gasteiger partial charge on any atom is -0.280 e. The number of benzene rings is 2. The third kappa shape index (κ3) is 2.08. The standard InChI is InChI=1S/C19H17FN4/c1-12-22-23-18-19(2,3)21-17(13-8-4-6-10-15(13)20)14-9-5-7-11-16(14)24(12)18/h4-11H,1-3H3. The van der Waals surface area contributed by atoms with Gasteiger partial charge < -0.3 is 0 Å². The number of aliphatic imine (C=N–C) groups is 1. The van der Waals surface area contributed by atoms with E-state index in [1.54, 1.807) is 12.1 Å². The second kappa shape index (κ2) is 5.09. The number of aromatic nitrogens is 3. The molecule has 0 fully saturated rings. The summed E-state index contributed by atoms with van der Waals surface area (Å²) in [5.41, 5.74) is 2.30. The topological polar surface area (TPSA) is 43.1 Å². The van der Waals surface area contributed by atoms with Crippen LogP contribution in [-0.2, 0) is 5.54 Å². The number of hydrogen-bond donors (Lipinski definition) is 0. The smallest absolute Gasteiger partial charge is 0.165 e. The molecule has 0 saturated carbocycles. The van der Waals surface area contributed by atoms with Gasteiger partial charge in [0.25, 0.3) is 0 Å². The van der Waals surface area contributed by atoms with Gasteiger partial charge in [0.05, 0.1) is 11.4 Å². The van der Waals surface area contributed by atoms with Gasteiger partial charge in [0.15, 0.2) is 5.82 Å². The molecule has 3 aromatic rings. The predicted octanol–water partition coefficient (Wildman–Crippen LogP) is 3.80. The Kier molecular flexibility index (Phi) is 3.13. The van der Waals surface area contributed by atoms with Crippen LogP contribution in [0.2, 0.25) is 0 Å². The van der Waals surface area contributed by atoms with E-state index in [-0.39, 0.29) is 5.82 Å².